The Morgan fingerprint density at radius 2 is 1.75 bits per heavy atom. The van der Waals surface area contributed by atoms with E-state index in [9.17, 15) is 14.0 Å². The fraction of sp³-hybridized carbons (Fsp3) is 0.136. The van der Waals surface area contributed by atoms with Crippen LogP contribution in [-0.2, 0) is 0 Å². The van der Waals surface area contributed by atoms with Crippen molar-refractivity contribution in [2.45, 2.75) is 20.3 Å². The summed E-state index contributed by atoms with van der Waals surface area (Å²) < 4.78 is 15.1. The van der Waals surface area contributed by atoms with Crippen molar-refractivity contribution >= 4 is 17.4 Å². The second-order valence-electron chi connectivity index (χ2n) is 6.74. The van der Waals surface area contributed by atoms with Crippen LogP contribution in [0.15, 0.2) is 59.7 Å². The second kappa shape index (κ2) is 6.88. The van der Waals surface area contributed by atoms with Crippen LogP contribution in [0.4, 0.5) is 4.39 Å². The minimum absolute atomic E-state index is 0.00177. The highest BCUT2D eigenvalue weighted by Crippen LogP contribution is 2.23. The third-order valence-corrected chi connectivity index (χ3v) is 4.92. The van der Waals surface area contributed by atoms with Crippen LogP contribution in [0.25, 0.3) is 5.69 Å². The average Bonchev–Trinajstić information content (AvgIpc) is 3.17. The van der Waals surface area contributed by atoms with E-state index in [1.54, 1.807) is 24.3 Å². The summed E-state index contributed by atoms with van der Waals surface area (Å²) >= 11 is 0. The van der Waals surface area contributed by atoms with Gasteiger partial charge in [0.05, 0.1) is 17.7 Å². The SMILES string of the molecule is Cc1cc(C(=O)NN=C2CC(=O)c3ccccc32)c(C)n1-c1ccc(F)cc1. The zero-order chi connectivity index (χ0) is 19.8. The zero-order valence-corrected chi connectivity index (χ0v) is 15.5. The van der Waals surface area contributed by atoms with E-state index < -0.39 is 0 Å². The minimum atomic E-state index is -0.356. The van der Waals surface area contributed by atoms with Gasteiger partial charge in [-0.25, -0.2) is 9.82 Å². The number of nitrogens with zero attached hydrogens (tertiary/aromatic N) is 2. The van der Waals surface area contributed by atoms with E-state index in [0.29, 0.717) is 16.8 Å². The Hall–Kier alpha value is -3.54. The first-order chi connectivity index (χ1) is 13.5. The summed E-state index contributed by atoms with van der Waals surface area (Å²) in [6, 6.07) is 15.1. The summed E-state index contributed by atoms with van der Waals surface area (Å²) in [5.74, 6) is -0.671. The highest BCUT2D eigenvalue weighted by Gasteiger charge is 2.25. The maximum atomic E-state index is 13.2. The number of hydrazone groups is 1. The number of halogens is 1. The van der Waals surface area contributed by atoms with Gasteiger partial charge in [0.25, 0.3) is 5.91 Å². The lowest BCUT2D eigenvalue weighted by molar-refractivity contribution is 0.0951. The number of hydrogen-bond donors (Lipinski definition) is 1. The fourth-order valence-electron chi connectivity index (χ4n) is 3.58. The molecule has 0 atom stereocenters. The Morgan fingerprint density at radius 1 is 1.07 bits per heavy atom. The molecule has 0 fully saturated rings. The molecule has 0 unspecified atom stereocenters. The number of ketones is 1. The lowest BCUT2D eigenvalue weighted by Crippen LogP contribution is -2.20. The first kappa shape index (κ1) is 17.9. The molecule has 1 aliphatic carbocycles. The molecule has 1 heterocycles. The van der Waals surface area contributed by atoms with E-state index in [2.05, 4.69) is 10.5 Å². The Bertz CT molecular complexity index is 1130. The van der Waals surface area contributed by atoms with Crippen molar-refractivity contribution < 1.29 is 14.0 Å². The number of carbonyl (C=O) groups excluding carboxylic acids is 2. The van der Waals surface area contributed by atoms with Crippen LogP contribution in [0.1, 0.15) is 44.1 Å². The Labute approximate surface area is 161 Å². The summed E-state index contributed by atoms with van der Waals surface area (Å²) in [7, 11) is 0. The molecular weight excluding hydrogens is 357 g/mol. The molecule has 1 aromatic heterocycles. The Balaban J connectivity index is 1.61. The van der Waals surface area contributed by atoms with Crippen LogP contribution in [0, 0.1) is 19.7 Å². The first-order valence-electron chi connectivity index (χ1n) is 8.90. The van der Waals surface area contributed by atoms with Gasteiger partial charge in [-0.3, -0.25) is 9.59 Å². The highest BCUT2D eigenvalue weighted by atomic mass is 19.1. The van der Waals surface area contributed by atoms with E-state index in [1.807, 2.05) is 36.6 Å². The summed E-state index contributed by atoms with van der Waals surface area (Å²) in [5.41, 5.74) is 7.34. The van der Waals surface area contributed by atoms with Gasteiger partial charge < -0.3 is 4.57 Å². The Kier molecular flexibility index (Phi) is 4.39. The molecule has 3 aromatic rings. The van der Waals surface area contributed by atoms with Crippen LogP contribution in [-0.4, -0.2) is 22.0 Å². The molecule has 28 heavy (non-hydrogen) atoms. The molecule has 2 aromatic carbocycles. The van der Waals surface area contributed by atoms with Gasteiger partial charge in [-0.15, -0.1) is 0 Å². The minimum Gasteiger partial charge on any atom is -0.318 e. The number of rotatable bonds is 3. The molecule has 6 heteroatoms. The normalized spacial score (nSPS) is 14.4. The van der Waals surface area contributed by atoms with Gasteiger partial charge in [0.1, 0.15) is 5.82 Å². The second-order valence-corrected chi connectivity index (χ2v) is 6.74. The number of fused-ring (bicyclic) bond motifs is 1. The molecule has 0 saturated heterocycles. The molecular formula is C22H18FN3O2. The number of carbonyl (C=O) groups is 2. The van der Waals surface area contributed by atoms with Crippen molar-refractivity contribution in [3.63, 3.8) is 0 Å². The number of amides is 1. The predicted molar refractivity (Wildman–Crippen MR) is 105 cm³/mol. The fourth-order valence-corrected chi connectivity index (χ4v) is 3.58. The lowest BCUT2D eigenvalue weighted by atomic mass is 10.1. The summed E-state index contributed by atoms with van der Waals surface area (Å²) in [6.45, 7) is 3.71. The number of Topliss-reactive ketones (excluding diaryl/α,β-unsaturated/α-hetero) is 1. The van der Waals surface area contributed by atoms with Crippen LogP contribution in [0.5, 0.6) is 0 Å². The average molecular weight is 375 g/mol. The third kappa shape index (κ3) is 3.03. The van der Waals surface area contributed by atoms with Gasteiger partial charge in [-0.05, 0) is 44.2 Å². The number of hydrogen-bond acceptors (Lipinski definition) is 3. The molecule has 0 aliphatic heterocycles. The topological polar surface area (TPSA) is 63.5 Å². The predicted octanol–water partition coefficient (Wildman–Crippen LogP) is 3.95. The van der Waals surface area contributed by atoms with Crippen molar-refractivity contribution in [1.82, 2.24) is 9.99 Å². The van der Waals surface area contributed by atoms with Crippen molar-refractivity contribution in [2.75, 3.05) is 0 Å². The van der Waals surface area contributed by atoms with Crippen LogP contribution in [0.2, 0.25) is 0 Å². The zero-order valence-electron chi connectivity index (χ0n) is 15.5. The number of aryl methyl sites for hydroxylation is 1. The van der Waals surface area contributed by atoms with Crippen molar-refractivity contribution in [1.29, 1.82) is 0 Å². The molecule has 1 amide bonds. The van der Waals surface area contributed by atoms with Gasteiger partial charge in [-0.1, -0.05) is 24.3 Å². The smallest absolute Gasteiger partial charge is 0.273 e. The molecule has 5 nitrogen and oxygen atoms in total. The van der Waals surface area contributed by atoms with Crippen LogP contribution < -0.4 is 5.43 Å². The van der Waals surface area contributed by atoms with Crippen molar-refractivity contribution in [3.8, 4) is 5.69 Å². The van der Waals surface area contributed by atoms with E-state index >= 15 is 0 Å². The molecule has 0 bridgehead atoms. The van der Waals surface area contributed by atoms with E-state index in [0.717, 1.165) is 22.6 Å². The van der Waals surface area contributed by atoms with E-state index in [4.69, 9.17) is 0 Å². The first-order valence-corrected chi connectivity index (χ1v) is 8.90. The standard InChI is InChI=1S/C22H18FN3O2/c1-13-11-19(14(2)26(13)16-9-7-15(23)8-10-16)22(28)25-24-20-12-21(27)18-6-4-3-5-17(18)20/h3-11H,12H2,1-2H3,(H,25,28). The number of nitrogens with one attached hydrogen (secondary N) is 1. The van der Waals surface area contributed by atoms with Gasteiger partial charge >= 0.3 is 0 Å². The summed E-state index contributed by atoms with van der Waals surface area (Å²) in [4.78, 5) is 24.7. The van der Waals surface area contributed by atoms with Crippen LogP contribution in [0.3, 0.4) is 0 Å². The van der Waals surface area contributed by atoms with Gasteiger partial charge in [0, 0.05) is 28.2 Å². The summed E-state index contributed by atoms with van der Waals surface area (Å²) in [5, 5.41) is 4.19. The number of benzene rings is 2. The largest absolute Gasteiger partial charge is 0.318 e. The molecule has 0 radical (unpaired) electrons. The molecule has 140 valence electrons. The lowest BCUT2D eigenvalue weighted by Gasteiger charge is -2.09. The van der Waals surface area contributed by atoms with Crippen molar-refractivity contribution in [3.05, 3.63) is 88.5 Å². The maximum Gasteiger partial charge on any atom is 0.273 e. The van der Waals surface area contributed by atoms with Crippen molar-refractivity contribution in [2.24, 2.45) is 5.10 Å². The third-order valence-electron chi connectivity index (χ3n) is 4.92. The maximum absolute atomic E-state index is 13.2. The molecule has 4 rings (SSSR count). The summed E-state index contributed by atoms with van der Waals surface area (Å²) in [6.07, 6.45) is 0.175. The molecule has 1 aliphatic rings. The Morgan fingerprint density at radius 3 is 2.46 bits per heavy atom. The van der Waals surface area contributed by atoms with E-state index in [1.165, 1.54) is 12.1 Å². The highest BCUT2D eigenvalue weighted by molar-refractivity contribution is 6.26. The van der Waals surface area contributed by atoms with Gasteiger partial charge in [0.15, 0.2) is 5.78 Å². The molecule has 0 saturated carbocycles. The van der Waals surface area contributed by atoms with Gasteiger partial charge in [-0.2, -0.15) is 5.10 Å². The number of aromatic nitrogens is 1. The molecule has 0 spiro atoms. The van der Waals surface area contributed by atoms with Gasteiger partial charge in [0.2, 0.25) is 0 Å². The van der Waals surface area contributed by atoms with Crippen LogP contribution >= 0.6 is 0 Å². The van der Waals surface area contributed by atoms with E-state index in [-0.39, 0.29) is 23.9 Å². The molecule has 1 N–H and O–H groups in total. The monoisotopic (exact) mass is 375 g/mol. The quantitative estimate of drug-likeness (QED) is 0.705.